The summed E-state index contributed by atoms with van der Waals surface area (Å²) in [6, 6.07) is 7.78. The number of halogens is 1. The lowest BCUT2D eigenvalue weighted by Crippen LogP contribution is -2.15. The molecular weight excluding hydrogens is 245 g/mol. The van der Waals surface area contributed by atoms with Gasteiger partial charge in [-0.1, -0.05) is 6.07 Å². The van der Waals surface area contributed by atoms with E-state index < -0.39 is 6.04 Å². The molecule has 2 rings (SSSR count). The van der Waals surface area contributed by atoms with E-state index in [-0.39, 0.29) is 5.82 Å². The molecule has 0 saturated carbocycles. The molecule has 100 valence electrons. The van der Waals surface area contributed by atoms with Crippen LogP contribution in [0.5, 0.6) is 5.75 Å². The molecule has 0 saturated heterocycles. The third-order valence-electron chi connectivity index (χ3n) is 2.91. The zero-order valence-corrected chi connectivity index (χ0v) is 10.6. The van der Waals surface area contributed by atoms with Crippen molar-refractivity contribution in [3.8, 4) is 5.75 Å². The molecule has 0 amide bonds. The second-order valence-electron chi connectivity index (χ2n) is 4.29. The first-order valence-corrected chi connectivity index (χ1v) is 5.89. The van der Waals surface area contributed by atoms with E-state index >= 15 is 0 Å². The number of rotatable bonds is 4. The maximum Gasteiger partial charge on any atom is 0.131 e. The number of nitrogens with zero attached hydrogens (tertiary/aromatic N) is 1. The third kappa shape index (κ3) is 3.20. The van der Waals surface area contributed by atoms with Crippen LogP contribution in [-0.4, -0.2) is 12.1 Å². The topological polar surface area (TPSA) is 74.2 Å². The van der Waals surface area contributed by atoms with Gasteiger partial charge in [-0.2, -0.15) is 0 Å². The number of benzene rings is 1. The summed E-state index contributed by atoms with van der Waals surface area (Å²) in [7, 11) is 1.49. The molecule has 1 aromatic heterocycles. The molecule has 0 radical (unpaired) electrons. The average molecular weight is 261 g/mol. The summed E-state index contributed by atoms with van der Waals surface area (Å²) in [5.74, 6) is 0.537. The molecule has 0 aliphatic heterocycles. The van der Waals surface area contributed by atoms with E-state index in [9.17, 15) is 4.39 Å². The van der Waals surface area contributed by atoms with Crippen LogP contribution in [0.25, 0.3) is 0 Å². The van der Waals surface area contributed by atoms with Crippen molar-refractivity contribution in [3.63, 3.8) is 0 Å². The van der Waals surface area contributed by atoms with E-state index in [1.807, 2.05) is 6.07 Å². The molecule has 5 heteroatoms. The number of hydrogen-bond donors (Lipinski definition) is 2. The van der Waals surface area contributed by atoms with Gasteiger partial charge in [-0.3, -0.25) is 0 Å². The average Bonchev–Trinajstić information content (AvgIpc) is 2.38. The fourth-order valence-electron chi connectivity index (χ4n) is 1.92. The quantitative estimate of drug-likeness (QED) is 0.883. The zero-order valence-electron chi connectivity index (χ0n) is 10.6. The molecule has 1 unspecified atom stereocenters. The largest absolute Gasteiger partial charge is 0.497 e. The van der Waals surface area contributed by atoms with Gasteiger partial charge in [0.1, 0.15) is 17.4 Å². The van der Waals surface area contributed by atoms with Crippen LogP contribution in [0.15, 0.2) is 36.5 Å². The first-order valence-electron chi connectivity index (χ1n) is 5.89. The van der Waals surface area contributed by atoms with Gasteiger partial charge >= 0.3 is 0 Å². The van der Waals surface area contributed by atoms with Gasteiger partial charge < -0.3 is 16.2 Å². The molecule has 2 aromatic rings. The first-order chi connectivity index (χ1) is 9.10. The number of pyridine rings is 1. The van der Waals surface area contributed by atoms with E-state index in [1.54, 1.807) is 24.4 Å². The molecule has 0 bridgehead atoms. The van der Waals surface area contributed by atoms with Crippen molar-refractivity contribution >= 4 is 5.82 Å². The minimum atomic E-state index is -0.437. The van der Waals surface area contributed by atoms with Gasteiger partial charge in [0.05, 0.1) is 7.11 Å². The van der Waals surface area contributed by atoms with Crippen molar-refractivity contribution in [2.75, 3.05) is 12.8 Å². The maximum atomic E-state index is 13.9. The van der Waals surface area contributed by atoms with Gasteiger partial charge in [-0.25, -0.2) is 9.37 Å². The van der Waals surface area contributed by atoms with E-state index in [2.05, 4.69) is 4.98 Å². The molecule has 19 heavy (non-hydrogen) atoms. The lowest BCUT2D eigenvalue weighted by Gasteiger charge is -2.14. The normalized spacial score (nSPS) is 12.2. The number of hydrogen-bond acceptors (Lipinski definition) is 4. The van der Waals surface area contributed by atoms with Crippen LogP contribution in [0, 0.1) is 5.82 Å². The van der Waals surface area contributed by atoms with Gasteiger partial charge in [0.15, 0.2) is 0 Å². The number of nitrogen functional groups attached to an aromatic ring is 1. The van der Waals surface area contributed by atoms with Crippen LogP contribution < -0.4 is 16.2 Å². The highest BCUT2D eigenvalue weighted by atomic mass is 19.1. The van der Waals surface area contributed by atoms with E-state index in [0.717, 1.165) is 5.56 Å². The first kappa shape index (κ1) is 13.3. The summed E-state index contributed by atoms with van der Waals surface area (Å²) in [6.07, 6.45) is 2.11. The van der Waals surface area contributed by atoms with Crippen molar-refractivity contribution in [3.05, 3.63) is 53.5 Å². The van der Waals surface area contributed by atoms with Crippen LogP contribution in [0.1, 0.15) is 17.2 Å². The fraction of sp³-hybridized carbons (Fsp3) is 0.214. The molecule has 0 aliphatic carbocycles. The van der Waals surface area contributed by atoms with E-state index in [4.69, 9.17) is 16.2 Å². The number of ether oxygens (including phenoxy) is 1. The van der Waals surface area contributed by atoms with Gasteiger partial charge in [0.2, 0.25) is 0 Å². The van der Waals surface area contributed by atoms with Crippen molar-refractivity contribution in [1.29, 1.82) is 0 Å². The summed E-state index contributed by atoms with van der Waals surface area (Å²) in [6.45, 7) is 0. The van der Waals surface area contributed by atoms with Crippen LogP contribution in [0.4, 0.5) is 10.2 Å². The Morgan fingerprint density at radius 3 is 2.74 bits per heavy atom. The zero-order chi connectivity index (χ0) is 13.8. The van der Waals surface area contributed by atoms with Crippen molar-refractivity contribution in [1.82, 2.24) is 4.98 Å². The Morgan fingerprint density at radius 1 is 1.32 bits per heavy atom. The second kappa shape index (κ2) is 5.67. The SMILES string of the molecule is COc1ccc(C(N)Cc2ccnc(N)c2)c(F)c1. The monoisotopic (exact) mass is 261 g/mol. The second-order valence-corrected chi connectivity index (χ2v) is 4.29. The molecule has 4 nitrogen and oxygen atoms in total. The molecule has 4 N–H and O–H groups in total. The highest BCUT2D eigenvalue weighted by Crippen LogP contribution is 2.23. The third-order valence-corrected chi connectivity index (χ3v) is 2.91. The predicted molar refractivity (Wildman–Crippen MR) is 72.2 cm³/mol. The Kier molecular flexibility index (Phi) is 3.97. The van der Waals surface area contributed by atoms with Gasteiger partial charge in [0, 0.05) is 23.9 Å². The Balaban J connectivity index is 2.18. The van der Waals surface area contributed by atoms with Crippen LogP contribution in [0.3, 0.4) is 0 Å². The molecule has 0 aliphatic rings. The van der Waals surface area contributed by atoms with Crippen LogP contribution in [-0.2, 0) is 6.42 Å². The Bertz CT molecular complexity index is 574. The minimum absolute atomic E-state index is 0.367. The molecule has 0 fully saturated rings. The summed E-state index contributed by atoms with van der Waals surface area (Å²) < 4.78 is 18.8. The van der Waals surface area contributed by atoms with Crippen LogP contribution >= 0.6 is 0 Å². The highest BCUT2D eigenvalue weighted by molar-refractivity contribution is 5.35. The minimum Gasteiger partial charge on any atom is -0.497 e. The Labute approximate surface area is 111 Å². The maximum absolute atomic E-state index is 13.9. The van der Waals surface area contributed by atoms with Gasteiger partial charge in [-0.05, 0) is 30.2 Å². The summed E-state index contributed by atoms with van der Waals surface area (Å²) in [5.41, 5.74) is 13.0. The Morgan fingerprint density at radius 2 is 2.11 bits per heavy atom. The lowest BCUT2D eigenvalue weighted by molar-refractivity contribution is 0.410. The molecular formula is C14H16FN3O. The predicted octanol–water partition coefficient (Wildman–Crippen LogP) is 2.05. The Hall–Kier alpha value is -2.14. The fourth-order valence-corrected chi connectivity index (χ4v) is 1.92. The molecule has 0 spiro atoms. The van der Waals surface area contributed by atoms with Crippen LogP contribution in [0.2, 0.25) is 0 Å². The van der Waals surface area contributed by atoms with Gasteiger partial charge in [-0.15, -0.1) is 0 Å². The molecule has 1 aromatic carbocycles. The van der Waals surface area contributed by atoms with Crippen molar-refractivity contribution in [2.45, 2.75) is 12.5 Å². The lowest BCUT2D eigenvalue weighted by atomic mass is 9.99. The van der Waals surface area contributed by atoms with Gasteiger partial charge in [0.25, 0.3) is 0 Å². The highest BCUT2D eigenvalue weighted by Gasteiger charge is 2.13. The standard InChI is InChI=1S/C14H16FN3O/c1-19-10-2-3-11(12(15)8-10)13(16)6-9-4-5-18-14(17)7-9/h2-5,7-8,13H,6,16H2,1H3,(H2,17,18). The van der Waals surface area contributed by atoms with Crippen molar-refractivity contribution in [2.24, 2.45) is 5.73 Å². The van der Waals surface area contributed by atoms with E-state index in [1.165, 1.54) is 13.2 Å². The number of nitrogens with two attached hydrogens (primary N) is 2. The van der Waals surface area contributed by atoms with E-state index in [0.29, 0.717) is 23.6 Å². The van der Waals surface area contributed by atoms with Crippen molar-refractivity contribution < 1.29 is 9.13 Å². The number of aromatic nitrogens is 1. The summed E-state index contributed by atoms with van der Waals surface area (Å²) >= 11 is 0. The molecule has 1 atom stereocenters. The number of anilines is 1. The number of methoxy groups -OCH3 is 1. The molecule has 1 heterocycles. The summed E-state index contributed by atoms with van der Waals surface area (Å²) in [5, 5.41) is 0. The summed E-state index contributed by atoms with van der Waals surface area (Å²) in [4.78, 5) is 3.91. The smallest absolute Gasteiger partial charge is 0.131 e.